The van der Waals surface area contributed by atoms with E-state index < -0.39 is 23.7 Å². The van der Waals surface area contributed by atoms with Gasteiger partial charge < -0.3 is 14.0 Å². The lowest BCUT2D eigenvalue weighted by Gasteiger charge is -2.13. The number of aryl methyl sites for hydroxylation is 1. The molecule has 1 saturated heterocycles. The molecule has 1 aromatic heterocycles. The summed E-state index contributed by atoms with van der Waals surface area (Å²) < 4.78 is 13.0. The molecule has 0 saturated carbocycles. The molecule has 38 heavy (non-hydrogen) atoms. The van der Waals surface area contributed by atoms with E-state index in [1.807, 2.05) is 66.9 Å². The van der Waals surface area contributed by atoms with Crippen LogP contribution in [0.5, 0.6) is 5.75 Å². The van der Waals surface area contributed by atoms with Crippen LogP contribution < -0.4 is 4.74 Å². The number of benzene rings is 2. The standard InChI is InChI=1S/C29H27N3O5S/c1-18(2)37-27(33)16-31-28(34)26(38-29(31)35)14-23-13-19(3)32(20(23)4)24-9-11-25(12-10-24)36-17-22-8-6-5-7-21(22)15-30/h5-14,18H,16-17H2,1-4H3/b26-14+. The van der Waals surface area contributed by atoms with E-state index in [4.69, 9.17) is 9.47 Å². The molecule has 194 valence electrons. The number of esters is 1. The highest BCUT2D eigenvalue weighted by Crippen LogP contribution is 2.34. The topological polar surface area (TPSA) is 102 Å². The van der Waals surface area contributed by atoms with Gasteiger partial charge in [-0.25, -0.2) is 0 Å². The lowest BCUT2D eigenvalue weighted by Crippen LogP contribution is -2.35. The van der Waals surface area contributed by atoms with Gasteiger partial charge in [0.2, 0.25) is 0 Å². The van der Waals surface area contributed by atoms with Gasteiger partial charge in [0, 0.05) is 22.6 Å². The summed E-state index contributed by atoms with van der Waals surface area (Å²) >= 11 is 0.810. The van der Waals surface area contributed by atoms with Crippen LogP contribution in [0, 0.1) is 25.2 Å². The second kappa shape index (κ2) is 11.4. The van der Waals surface area contributed by atoms with Gasteiger partial charge in [-0.1, -0.05) is 18.2 Å². The SMILES string of the molecule is Cc1cc(/C=C2/SC(=O)N(CC(=O)OC(C)C)C2=O)c(C)n1-c1ccc(OCc2ccccc2C#N)cc1. The molecule has 0 unspecified atom stereocenters. The fourth-order valence-electron chi connectivity index (χ4n) is 4.15. The highest BCUT2D eigenvalue weighted by atomic mass is 32.2. The molecule has 0 atom stereocenters. The van der Waals surface area contributed by atoms with Gasteiger partial charge in [-0.3, -0.25) is 19.3 Å². The number of nitrogens with zero attached hydrogens (tertiary/aromatic N) is 3. The quantitative estimate of drug-likeness (QED) is 0.279. The van der Waals surface area contributed by atoms with Crippen molar-refractivity contribution in [3.8, 4) is 17.5 Å². The first kappa shape index (κ1) is 26.8. The van der Waals surface area contributed by atoms with Crippen LogP contribution in [0.1, 0.15) is 41.9 Å². The van der Waals surface area contributed by atoms with E-state index in [0.29, 0.717) is 17.9 Å². The number of amides is 2. The van der Waals surface area contributed by atoms with Crippen molar-refractivity contribution < 1.29 is 23.9 Å². The number of carbonyl (C=O) groups excluding carboxylic acids is 3. The Hall–Kier alpha value is -4.29. The zero-order chi connectivity index (χ0) is 27.4. The monoisotopic (exact) mass is 529 g/mol. The van der Waals surface area contributed by atoms with Crippen molar-refractivity contribution in [2.24, 2.45) is 0 Å². The van der Waals surface area contributed by atoms with Gasteiger partial charge in [-0.05, 0) is 87.5 Å². The largest absolute Gasteiger partial charge is 0.489 e. The molecule has 2 amide bonds. The lowest BCUT2D eigenvalue weighted by atomic mass is 10.1. The van der Waals surface area contributed by atoms with Crippen molar-refractivity contribution in [2.75, 3.05) is 6.54 Å². The predicted molar refractivity (Wildman–Crippen MR) is 145 cm³/mol. The number of hydrogen-bond donors (Lipinski definition) is 0. The molecular weight excluding hydrogens is 502 g/mol. The van der Waals surface area contributed by atoms with Crippen LogP contribution in [0.2, 0.25) is 0 Å². The van der Waals surface area contributed by atoms with Gasteiger partial charge in [-0.15, -0.1) is 0 Å². The summed E-state index contributed by atoms with van der Waals surface area (Å²) in [5.74, 6) is -0.456. The first-order valence-corrected chi connectivity index (χ1v) is 12.8. The smallest absolute Gasteiger partial charge is 0.326 e. The zero-order valence-electron chi connectivity index (χ0n) is 21.6. The maximum absolute atomic E-state index is 12.8. The summed E-state index contributed by atoms with van der Waals surface area (Å²) in [6.07, 6.45) is 1.35. The summed E-state index contributed by atoms with van der Waals surface area (Å²) in [6.45, 7) is 7.19. The average Bonchev–Trinajstić information content (AvgIpc) is 3.31. The second-order valence-electron chi connectivity index (χ2n) is 9.02. The fraction of sp³-hybridized carbons (Fsp3) is 0.241. The van der Waals surface area contributed by atoms with Crippen LogP contribution in [-0.4, -0.2) is 39.2 Å². The first-order valence-electron chi connectivity index (χ1n) is 12.0. The normalized spacial score (nSPS) is 14.3. The predicted octanol–water partition coefficient (Wildman–Crippen LogP) is 5.53. The maximum atomic E-state index is 12.8. The summed E-state index contributed by atoms with van der Waals surface area (Å²) in [5, 5.41) is 8.76. The molecule has 0 radical (unpaired) electrons. The molecule has 0 N–H and O–H groups in total. The molecule has 2 heterocycles. The van der Waals surface area contributed by atoms with Crippen LogP contribution in [0.3, 0.4) is 0 Å². The maximum Gasteiger partial charge on any atom is 0.326 e. The van der Waals surface area contributed by atoms with Gasteiger partial charge in [0.25, 0.3) is 11.1 Å². The van der Waals surface area contributed by atoms with Gasteiger partial charge in [0.05, 0.1) is 22.6 Å². The van der Waals surface area contributed by atoms with Crippen LogP contribution in [-0.2, 0) is 20.9 Å². The molecule has 1 aliphatic heterocycles. The van der Waals surface area contributed by atoms with Crippen LogP contribution in [0.15, 0.2) is 59.5 Å². The number of rotatable bonds is 8. The molecular formula is C29H27N3O5S. The van der Waals surface area contributed by atoms with E-state index in [2.05, 4.69) is 6.07 Å². The highest BCUT2D eigenvalue weighted by molar-refractivity contribution is 8.18. The Balaban J connectivity index is 1.49. The molecule has 1 aliphatic rings. The molecule has 1 fully saturated rings. The van der Waals surface area contributed by atoms with Crippen LogP contribution >= 0.6 is 11.8 Å². The average molecular weight is 530 g/mol. The van der Waals surface area contributed by atoms with Gasteiger partial charge in [0.15, 0.2) is 0 Å². The van der Waals surface area contributed by atoms with Crippen LogP contribution in [0.4, 0.5) is 4.79 Å². The van der Waals surface area contributed by atoms with Crippen molar-refractivity contribution >= 4 is 35.0 Å². The van der Waals surface area contributed by atoms with Crippen molar-refractivity contribution in [3.05, 3.63) is 87.6 Å². The Labute approximate surface area is 225 Å². The molecule has 9 heteroatoms. The van der Waals surface area contributed by atoms with Gasteiger partial charge in [-0.2, -0.15) is 5.26 Å². The van der Waals surface area contributed by atoms with Crippen molar-refractivity contribution in [3.63, 3.8) is 0 Å². The third-order valence-corrected chi connectivity index (χ3v) is 6.82. The van der Waals surface area contributed by atoms with E-state index in [9.17, 15) is 19.6 Å². The number of carbonyl (C=O) groups is 3. The van der Waals surface area contributed by atoms with Crippen molar-refractivity contribution in [2.45, 2.75) is 40.4 Å². The van der Waals surface area contributed by atoms with Crippen molar-refractivity contribution in [1.82, 2.24) is 9.47 Å². The highest BCUT2D eigenvalue weighted by Gasteiger charge is 2.37. The molecule has 2 aromatic carbocycles. The third-order valence-electron chi connectivity index (χ3n) is 5.91. The van der Waals surface area contributed by atoms with Gasteiger partial charge in [0.1, 0.15) is 18.9 Å². The minimum atomic E-state index is -0.622. The molecule has 3 aromatic rings. The number of imide groups is 1. The zero-order valence-corrected chi connectivity index (χ0v) is 22.4. The second-order valence-corrected chi connectivity index (χ2v) is 10.0. The summed E-state index contributed by atoms with van der Waals surface area (Å²) in [7, 11) is 0. The Morgan fingerprint density at radius 2 is 1.82 bits per heavy atom. The minimum absolute atomic E-state index is 0.258. The van der Waals surface area contributed by atoms with E-state index in [1.54, 1.807) is 26.0 Å². The Morgan fingerprint density at radius 1 is 1.11 bits per heavy atom. The summed E-state index contributed by atoms with van der Waals surface area (Å²) in [5.41, 5.74) is 4.96. The van der Waals surface area contributed by atoms with E-state index in [0.717, 1.165) is 44.9 Å². The Bertz CT molecular complexity index is 1460. The first-order chi connectivity index (χ1) is 18.2. The number of nitriles is 1. The van der Waals surface area contributed by atoms with E-state index in [1.165, 1.54) is 0 Å². The van der Waals surface area contributed by atoms with E-state index >= 15 is 0 Å². The lowest BCUT2D eigenvalue weighted by molar-refractivity contribution is -0.149. The molecule has 8 nitrogen and oxygen atoms in total. The number of aromatic nitrogens is 1. The third kappa shape index (κ3) is 5.82. The molecule has 0 aliphatic carbocycles. The Morgan fingerprint density at radius 3 is 2.50 bits per heavy atom. The van der Waals surface area contributed by atoms with Crippen LogP contribution in [0.25, 0.3) is 11.8 Å². The number of ether oxygens (including phenoxy) is 2. The molecule has 4 rings (SSSR count). The molecule has 0 bridgehead atoms. The minimum Gasteiger partial charge on any atom is -0.489 e. The van der Waals surface area contributed by atoms with Crippen molar-refractivity contribution in [1.29, 1.82) is 5.26 Å². The summed E-state index contributed by atoms with van der Waals surface area (Å²) in [6, 6.07) is 19.0. The number of thioether (sulfide) groups is 1. The van der Waals surface area contributed by atoms with Gasteiger partial charge >= 0.3 is 5.97 Å². The Kier molecular flexibility index (Phi) is 8.03. The molecule has 0 spiro atoms. The summed E-state index contributed by atoms with van der Waals surface area (Å²) in [4.78, 5) is 38.3. The fourth-order valence-corrected chi connectivity index (χ4v) is 4.97. The number of hydrogen-bond acceptors (Lipinski definition) is 7. The van der Waals surface area contributed by atoms with E-state index in [-0.39, 0.29) is 11.0 Å².